The van der Waals surface area contributed by atoms with Crippen molar-refractivity contribution in [1.29, 1.82) is 0 Å². The van der Waals surface area contributed by atoms with E-state index in [0.29, 0.717) is 43.5 Å². The fourth-order valence-electron chi connectivity index (χ4n) is 4.12. The van der Waals surface area contributed by atoms with Crippen LogP contribution in [0.15, 0.2) is 32.3 Å². The zero-order valence-electron chi connectivity index (χ0n) is 17.4. The van der Waals surface area contributed by atoms with Gasteiger partial charge in [0.2, 0.25) is 15.9 Å². The normalized spacial score (nSPS) is 20.8. The molecule has 1 aromatic carbocycles. The molecule has 2 atom stereocenters. The van der Waals surface area contributed by atoms with Gasteiger partial charge in [0, 0.05) is 32.2 Å². The van der Waals surface area contributed by atoms with Crippen LogP contribution < -0.4 is 5.76 Å². The second kappa shape index (κ2) is 8.31. The average Bonchev–Trinajstić information content (AvgIpc) is 2.96. The Morgan fingerprint density at radius 1 is 1.17 bits per heavy atom. The molecule has 9 heteroatoms. The van der Waals surface area contributed by atoms with Gasteiger partial charge in [-0.05, 0) is 44.2 Å². The van der Waals surface area contributed by atoms with Crippen LogP contribution in [0.2, 0.25) is 0 Å². The molecule has 2 aromatic rings. The van der Waals surface area contributed by atoms with E-state index in [1.54, 1.807) is 11.0 Å². The first-order chi connectivity index (χ1) is 13.7. The van der Waals surface area contributed by atoms with Gasteiger partial charge in [0.1, 0.15) is 6.54 Å². The number of fused-ring (bicyclic) bond motifs is 1. The molecule has 0 spiro atoms. The summed E-state index contributed by atoms with van der Waals surface area (Å²) in [5.74, 6) is -0.271. The molecule has 0 unspecified atom stereocenters. The Hall–Kier alpha value is -2.13. The van der Waals surface area contributed by atoms with Gasteiger partial charge in [-0.25, -0.2) is 13.2 Å². The van der Waals surface area contributed by atoms with Crippen molar-refractivity contribution in [1.82, 2.24) is 13.8 Å². The molecule has 1 saturated heterocycles. The van der Waals surface area contributed by atoms with Crippen molar-refractivity contribution < 1.29 is 17.6 Å². The van der Waals surface area contributed by atoms with Crippen molar-refractivity contribution in [2.24, 2.45) is 11.8 Å². The third kappa shape index (κ3) is 4.25. The van der Waals surface area contributed by atoms with Crippen LogP contribution in [0.1, 0.15) is 34.1 Å². The summed E-state index contributed by atoms with van der Waals surface area (Å²) in [5, 5.41) is 0. The summed E-state index contributed by atoms with van der Waals surface area (Å²) in [4.78, 5) is 26.4. The number of carbonyl (C=O) groups is 1. The Balaban J connectivity index is 1.94. The number of likely N-dealkylation sites (N-methyl/N-ethyl adjacent to an activating group) is 1. The SMILES string of the molecule is CCN(CC)C(=O)Cn1c(=O)oc2cc(S(=O)(=O)N3C[C@H](C)C[C@H](C)C3)ccc21. The lowest BCUT2D eigenvalue weighted by atomic mass is 9.94. The predicted octanol–water partition coefficient (Wildman–Crippen LogP) is 2.13. The maximum atomic E-state index is 13.1. The highest BCUT2D eigenvalue weighted by atomic mass is 32.2. The summed E-state index contributed by atoms with van der Waals surface area (Å²) >= 11 is 0. The molecular formula is C20H29N3O5S. The summed E-state index contributed by atoms with van der Waals surface area (Å²) < 4.78 is 34.2. The van der Waals surface area contributed by atoms with Gasteiger partial charge in [-0.15, -0.1) is 0 Å². The number of hydrogen-bond acceptors (Lipinski definition) is 5. The van der Waals surface area contributed by atoms with E-state index in [4.69, 9.17) is 4.42 Å². The monoisotopic (exact) mass is 423 g/mol. The van der Waals surface area contributed by atoms with Gasteiger partial charge in [-0.3, -0.25) is 9.36 Å². The highest BCUT2D eigenvalue weighted by Crippen LogP contribution is 2.28. The van der Waals surface area contributed by atoms with Gasteiger partial charge in [0.05, 0.1) is 10.4 Å². The number of amides is 1. The number of sulfonamides is 1. The van der Waals surface area contributed by atoms with E-state index in [2.05, 4.69) is 0 Å². The topological polar surface area (TPSA) is 92.8 Å². The minimum absolute atomic E-state index is 0.0993. The zero-order valence-corrected chi connectivity index (χ0v) is 18.2. The van der Waals surface area contributed by atoms with Crippen LogP contribution in [-0.2, 0) is 21.4 Å². The summed E-state index contributed by atoms with van der Waals surface area (Å²) in [6, 6.07) is 4.41. The van der Waals surface area contributed by atoms with Crippen LogP contribution in [0, 0.1) is 11.8 Å². The number of piperidine rings is 1. The first-order valence-corrected chi connectivity index (χ1v) is 11.5. The van der Waals surface area contributed by atoms with Crippen molar-refractivity contribution in [3.8, 4) is 0 Å². The minimum Gasteiger partial charge on any atom is -0.408 e. The van der Waals surface area contributed by atoms with Gasteiger partial charge in [0.15, 0.2) is 5.58 Å². The molecule has 160 valence electrons. The lowest BCUT2D eigenvalue weighted by Gasteiger charge is -2.34. The van der Waals surface area contributed by atoms with Crippen molar-refractivity contribution in [3.63, 3.8) is 0 Å². The quantitative estimate of drug-likeness (QED) is 0.710. The van der Waals surface area contributed by atoms with Gasteiger partial charge in [-0.2, -0.15) is 4.31 Å². The molecule has 2 heterocycles. The Labute approximate surface area is 171 Å². The van der Waals surface area contributed by atoms with Gasteiger partial charge >= 0.3 is 5.76 Å². The van der Waals surface area contributed by atoms with Gasteiger partial charge < -0.3 is 9.32 Å². The molecule has 1 aromatic heterocycles. The second-order valence-corrected chi connectivity index (χ2v) is 9.86. The molecule has 1 aliphatic heterocycles. The lowest BCUT2D eigenvalue weighted by Crippen LogP contribution is -2.42. The third-order valence-corrected chi connectivity index (χ3v) is 7.35. The summed E-state index contributed by atoms with van der Waals surface area (Å²) in [5.41, 5.74) is 0.580. The molecule has 0 radical (unpaired) electrons. The number of nitrogens with zero attached hydrogens (tertiary/aromatic N) is 3. The first kappa shape index (κ1) is 21.6. The molecule has 29 heavy (non-hydrogen) atoms. The third-order valence-electron chi connectivity index (χ3n) is 5.52. The maximum absolute atomic E-state index is 13.1. The Morgan fingerprint density at radius 3 is 2.38 bits per heavy atom. The Bertz CT molecular complexity index is 1040. The number of oxazole rings is 1. The molecule has 1 amide bonds. The molecule has 8 nitrogen and oxygen atoms in total. The number of rotatable bonds is 6. The molecular weight excluding hydrogens is 394 g/mol. The molecule has 3 rings (SSSR count). The number of carbonyl (C=O) groups excluding carboxylic acids is 1. The number of hydrogen-bond donors (Lipinski definition) is 0. The van der Waals surface area contributed by atoms with Crippen LogP contribution in [0.3, 0.4) is 0 Å². The fourth-order valence-corrected chi connectivity index (χ4v) is 5.82. The van der Waals surface area contributed by atoms with Crippen LogP contribution in [0.5, 0.6) is 0 Å². The van der Waals surface area contributed by atoms with E-state index in [9.17, 15) is 18.0 Å². The van der Waals surface area contributed by atoms with E-state index in [1.807, 2.05) is 27.7 Å². The number of aromatic nitrogens is 1. The molecule has 0 aliphatic carbocycles. The Morgan fingerprint density at radius 2 is 1.79 bits per heavy atom. The summed E-state index contributed by atoms with van der Waals surface area (Å²) in [6.45, 7) is 9.77. The van der Waals surface area contributed by atoms with Crippen LogP contribution in [0.4, 0.5) is 0 Å². The Kier molecular flexibility index (Phi) is 6.19. The zero-order chi connectivity index (χ0) is 21.3. The van der Waals surface area contributed by atoms with Crippen molar-refractivity contribution in [3.05, 3.63) is 28.7 Å². The van der Waals surface area contributed by atoms with Crippen LogP contribution in [-0.4, -0.2) is 54.3 Å². The average molecular weight is 424 g/mol. The van der Waals surface area contributed by atoms with E-state index >= 15 is 0 Å². The largest absolute Gasteiger partial charge is 0.420 e. The predicted molar refractivity (Wildman–Crippen MR) is 110 cm³/mol. The summed E-state index contributed by atoms with van der Waals surface area (Å²) in [7, 11) is -3.68. The second-order valence-electron chi connectivity index (χ2n) is 7.92. The van der Waals surface area contributed by atoms with E-state index in [0.717, 1.165) is 6.42 Å². The van der Waals surface area contributed by atoms with E-state index in [-0.39, 0.29) is 22.9 Å². The molecule has 0 bridgehead atoms. The molecule has 0 saturated carbocycles. The minimum atomic E-state index is -3.68. The lowest BCUT2D eigenvalue weighted by molar-refractivity contribution is -0.131. The van der Waals surface area contributed by atoms with Gasteiger partial charge in [-0.1, -0.05) is 13.8 Å². The van der Waals surface area contributed by atoms with Crippen molar-refractivity contribution >= 4 is 27.0 Å². The molecule has 0 N–H and O–H groups in total. The van der Waals surface area contributed by atoms with E-state index < -0.39 is 15.8 Å². The first-order valence-electron chi connectivity index (χ1n) is 10.1. The highest BCUT2D eigenvalue weighted by molar-refractivity contribution is 7.89. The number of benzene rings is 1. The van der Waals surface area contributed by atoms with Crippen molar-refractivity contribution in [2.45, 2.75) is 45.6 Å². The van der Waals surface area contributed by atoms with Crippen LogP contribution in [0.25, 0.3) is 11.1 Å². The van der Waals surface area contributed by atoms with Gasteiger partial charge in [0.25, 0.3) is 0 Å². The fraction of sp³-hybridized carbons (Fsp3) is 0.600. The standard InChI is InChI=1S/C20H29N3O5S/c1-5-21(6-2)19(24)13-23-17-8-7-16(10-18(17)28-20(23)25)29(26,27)22-11-14(3)9-15(4)12-22/h7-8,10,14-15H,5-6,9,11-13H2,1-4H3/t14-,15+. The smallest absolute Gasteiger partial charge is 0.408 e. The molecule has 1 aliphatic rings. The maximum Gasteiger partial charge on any atom is 0.420 e. The highest BCUT2D eigenvalue weighted by Gasteiger charge is 2.32. The molecule has 1 fully saturated rings. The van der Waals surface area contributed by atoms with E-state index in [1.165, 1.54) is 21.0 Å². The van der Waals surface area contributed by atoms with Crippen molar-refractivity contribution in [2.75, 3.05) is 26.2 Å². The van der Waals surface area contributed by atoms with Crippen LogP contribution >= 0.6 is 0 Å². The summed E-state index contributed by atoms with van der Waals surface area (Å²) in [6.07, 6.45) is 1.00.